The quantitative estimate of drug-likeness (QED) is 0.586. The number of nitrogens with one attached hydrogen (secondary N) is 1. The van der Waals surface area contributed by atoms with Crippen LogP contribution < -0.4 is 5.73 Å². The van der Waals surface area contributed by atoms with Gasteiger partial charge in [-0.25, -0.2) is 9.97 Å². The Morgan fingerprint density at radius 1 is 1.50 bits per heavy atom. The van der Waals surface area contributed by atoms with Gasteiger partial charge in [0.25, 0.3) is 0 Å². The third kappa shape index (κ3) is 2.08. The first-order valence-electron chi connectivity index (χ1n) is 6.23. The van der Waals surface area contributed by atoms with Crippen molar-refractivity contribution in [3.8, 4) is 0 Å². The van der Waals surface area contributed by atoms with Gasteiger partial charge in [0.05, 0.1) is 19.0 Å². The van der Waals surface area contributed by atoms with E-state index in [2.05, 4.69) is 15.0 Å². The van der Waals surface area contributed by atoms with E-state index in [4.69, 9.17) is 22.7 Å². The predicted octanol–water partition coefficient (Wildman–Crippen LogP) is -0.0406. The molecule has 2 aromatic heterocycles. The van der Waals surface area contributed by atoms with Crippen molar-refractivity contribution in [2.45, 2.75) is 18.8 Å². The average molecular weight is 297 g/mol. The van der Waals surface area contributed by atoms with Crippen LogP contribution in [0.1, 0.15) is 12.6 Å². The molecule has 2 aromatic rings. The molecular weight excluding hydrogens is 282 g/mol. The molecular formula is C11H15N5O3S. The lowest BCUT2D eigenvalue weighted by Gasteiger charge is -2.14. The molecule has 9 heteroatoms. The van der Waals surface area contributed by atoms with Gasteiger partial charge in [-0.2, -0.15) is 0 Å². The lowest BCUT2D eigenvalue weighted by Crippen LogP contribution is -2.23. The fraction of sp³-hybridized carbons (Fsp3) is 0.545. The number of imidazole rings is 1. The van der Waals surface area contributed by atoms with Gasteiger partial charge in [0.2, 0.25) is 0 Å². The van der Waals surface area contributed by atoms with Crippen LogP contribution in [0.2, 0.25) is 0 Å². The molecule has 3 atom stereocenters. The molecule has 5 N–H and O–H groups in total. The van der Waals surface area contributed by atoms with Crippen molar-refractivity contribution in [1.82, 2.24) is 19.5 Å². The van der Waals surface area contributed by atoms with Gasteiger partial charge in [0.1, 0.15) is 17.4 Å². The molecule has 3 heterocycles. The maximum Gasteiger partial charge on any atom is 0.200 e. The van der Waals surface area contributed by atoms with Crippen LogP contribution in [-0.2, 0) is 4.74 Å². The second-order valence-electron chi connectivity index (χ2n) is 4.77. The first-order valence-corrected chi connectivity index (χ1v) is 6.64. The van der Waals surface area contributed by atoms with Gasteiger partial charge in [-0.1, -0.05) is 12.2 Å². The van der Waals surface area contributed by atoms with E-state index in [1.807, 2.05) is 0 Å². The largest absolute Gasteiger partial charge is 0.396 e. The number of fused-ring (bicyclic) bond motifs is 1. The van der Waals surface area contributed by atoms with Gasteiger partial charge in [0, 0.05) is 18.9 Å². The van der Waals surface area contributed by atoms with Crippen LogP contribution in [0.4, 0.5) is 5.95 Å². The Hall–Kier alpha value is -1.55. The molecule has 0 unspecified atom stereocenters. The number of ether oxygens (including phenoxy) is 1. The summed E-state index contributed by atoms with van der Waals surface area (Å²) in [6.07, 6.45) is 1.46. The number of aliphatic hydroxyl groups is 2. The Balaban J connectivity index is 2.01. The van der Waals surface area contributed by atoms with Crippen LogP contribution in [0.5, 0.6) is 0 Å². The molecule has 0 aromatic carbocycles. The van der Waals surface area contributed by atoms with Crippen molar-refractivity contribution in [1.29, 1.82) is 0 Å². The fourth-order valence-electron chi connectivity index (χ4n) is 2.51. The zero-order valence-electron chi connectivity index (χ0n) is 10.6. The van der Waals surface area contributed by atoms with E-state index < -0.39 is 0 Å². The van der Waals surface area contributed by atoms with Crippen molar-refractivity contribution < 1.29 is 14.9 Å². The minimum absolute atomic E-state index is 0.0337. The number of nitrogen functional groups attached to an aromatic ring is 1. The molecule has 1 fully saturated rings. The highest BCUT2D eigenvalue weighted by Crippen LogP contribution is 2.34. The molecule has 8 nitrogen and oxygen atoms in total. The molecule has 0 spiro atoms. The van der Waals surface area contributed by atoms with E-state index in [1.54, 1.807) is 10.9 Å². The van der Waals surface area contributed by atoms with Gasteiger partial charge in [-0.05, 0) is 0 Å². The lowest BCUT2D eigenvalue weighted by atomic mass is 10.0. The Bertz CT molecular complexity index is 672. The second-order valence-corrected chi connectivity index (χ2v) is 5.15. The normalized spacial score (nSPS) is 26.4. The minimum Gasteiger partial charge on any atom is -0.396 e. The number of nitrogens with two attached hydrogens (primary N) is 1. The number of anilines is 1. The van der Waals surface area contributed by atoms with E-state index in [-0.39, 0.29) is 37.4 Å². The van der Waals surface area contributed by atoms with Gasteiger partial charge >= 0.3 is 0 Å². The summed E-state index contributed by atoms with van der Waals surface area (Å²) < 4.78 is 7.83. The average Bonchev–Trinajstić information content (AvgIpc) is 3.01. The van der Waals surface area contributed by atoms with E-state index >= 15 is 0 Å². The summed E-state index contributed by atoms with van der Waals surface area (Å²) in [7, 11) is 0. The van der Waals surface area contributed by atoms with Crippen molar-refractivity contribution in [3.05, 3.63) is 11.0 Å². The third-order valence-corrected chi connectivity index (χ3v) is 3.84. The fourth-order valence-corrected chi connectivity index (χ4v) is 2.76. The highest BCUT2D eigenvalue weighted by Gasteiger charge is 2.36. The standard InChI is InChI=1S/C11H15N5O3S/c12-11-14-9-8(10(20)15-11)13-4-16(9)7-1-5(2-17)6(3-18)19-7/h4-7,17-18H,1-3H2,(H3,12,14,15,20)/t5-,6-,7+/m1/s1. The molecule has 0 radical (unpaired) electrons. The van der Waals surface area contributed by atoms with E-state index in [1.165, 1.54) is 0 Å². The molecule has 1 saturated heterocycles. The number of hydrogen-bond acceptors (Lipinski definition) is 7. The lowest BCUT2D eigenvalue weighted by molar-refractivity contribution is -0.0333. The van der Waals surface area contributed by atoms with Crippen molar-refractivity contribution in [3.63, 3.8) is 0 Å². The maximum absolute atomic E-state index is 9.31. The minimum atomic E-state index is -0.385. The van der Waals surface area contributed by atoms with Crippen LogP contribution in [0.3, 0.4) is 0 Å². The zero-order valence-corrected chi connectivity index (χ0v) is 11.4. The van der Waals surface area contributed by atoms with Crippen LogP contribution in [-0.4, -0.2) is 49.0 Å². The summed E-state index contributed by atoms with van der Waals surface area (Å²) in [6, 6.07) is 0. The molecule has 1 aliphatic heterocycles. The number of nitrogens with zero attached hydrogens (tertiary/aromatic N) is 3. The maximum atomic E-state index is 9.31. The van der Waals surface area contributed by atoms with Crippen LogP contribution in [0.15, 0.2) is 6.33 Å². The van der Waals surface area contributed by atoms with E-state index in [0.717, 1.165) is 0 Å². The monoisotopic (exact) mass is 297 g/mol. The number of aromatic amines is 1. The molecule has 20 heavy (non-hydrogen) atoms. The summed E-state index contributed by atoms with van der Waals surface area (Å²) in [4.78, 5) is 11.1. The second kappa shape index (κ2) is 5.09. The summed E-state index contributed by atoms with van der Waals surface area (Å²) >= 11 is 5.11. The molecule has 0 amide bonds. The van der Waals surface area contributed by atoms with E-state index in [9.17, 15) is 10.2 Å². The summed E-state index contributed by atoms with van der Waals surface area (Å²) in [5.74, 6) is 0.101. The molecule has 0 aliphatic carbocycles. The smallest absolute Gasteiger partial charge is 0.200 e. The topological polar surface area (TPSA) is 122 Å². The highest BCUT2D eigenvalue weighted by molar-refractivity contribution is 7.71. The van der Waals surface area contributed by atoms with Gasteiger partial charge in [-0.15, -0.1) is 0 Å². The third-order valence-electron chi connectivity index (χ3n) is 3.55. The first kappa shape index (κ1) is 13.4. The van der Waals surface area contributed by atoms with Crippen molar-refractivity contribution in [2.24, 2.45) is 5.92 Å². The SMILES string of the molecule is Nc1nc(=S)c2ncn([C@@H]3C[C@H](CO)[C@@H](CO)O3)c2[nH]1. The Kier molecular flexibility index (Phi) is 3.42. The van der Waals surface area contributed by atoms with Crippen molar-refractivity contribution in [2.75, 3.05) is 18.9 Å². The predicted molar refractivity (Wildman–Crippen MR) is 73.3 cm³/mol. The molecule has 1 aliphatic rings. The van der Waals surface area contributed by atoms with E-state index in [0.29, 0.717) is 22.2 Å². The first-order chi connectivity index (χ1) is 9.63. The van der Waals surface area contributed by atoms with Crippen molar-refractivity contribution >= 4 is 29.3 Å². The molecule has 0 saturated carbocycles. The summed E-state index contributed by atoms with van der Waals surface area (Å²) in [6.45, 7) is -0.165. The van der Waals surface area contributed by atoms with Gasteiger partial charge in [-0.3, -0.25) is 4.57 Å². The Morgan fingerprint density at radius 2 is 2.30 bits per heavy atom. The summed E-state index contributed by atoms with van der Waals surface area (Å²) in [5.41, 5.74) is 6.84. The summed E-state index contributed by atoms with van der Waals surface area (Å²) in [5, 5.41) is 18.6. The molecule has 0 bridgehead atoms. The number of H-pyrrole nitrogens is 1. The molecule has 108 valence electrons. The van der Waals surface area contributed by atoms with Gasteiger partial charge < -0.3 is 25.7 Å². The number of rotatable bonds is 3. The van der Waals surface area contributed by atoms with Crippen LogP contribution in [0, 0.1) is 10.6 Å². The number of aromatic nitrogens is 4. The van der Waals surface area contributed by atoms with Crippen LogP contribution in [0.25, 0.3) is 11.2 Å². The molecule has 3 rings (SSSR count). The van der Waals surface area contributed by atoms with Gasteiger partial charge in [0.15, 0.2) is 10.6 Å². The Morgan fingerprint density at radius 3 is 2.95 bits per heavy atom. The number of aliphatic hydroxyl groups excluding tert-OH is 2. The zero-order chi connectivity index (χ0) is 14.3. The number of hydrogen-bond donors (Lipinski definition) is 4. The van der Waals surface area contributed by atoms with Crippen LogP contribution >= 0.6 is 12.2 Å². The Labute approximate surface area is 119 Å². The highest BCUT2D eigenvalue weighted by atomic mass is 32.1.